The maximum Gasteiger partial charge on any atom is 0.248 e. The van der Waals surface area contributed by atoms with E-state index in [-0.39, 0.29) is 11.1 Å². The molecule has 1 aliphatic rings. The Kier molecular flexibility index (Phi) is 3.96. The summed E-state index contributed by atoms with van der Waals surface area (Å²) in [5.41, 5.74) is 1.69. The molecule has 1 aromatic rings. The Hall–Kier alpha value is -0.955. The second-order valence-corrected chi connectivity index (χ2v) is 6.75. The predicted octanol–water partition coefficient (Wildman–Crippen LogP) is 2.98. The summed E-state index contributed by atoms with van der Waals surface area (Å²) in [7, 11) is 4.01. The summed E-state index contributed by atoms with van der Waals surface area (Å²) in [6.07, 6.45) is 3.82. The summed E-state index contributed by atoms with van der Waals surface area (Å²) in [5.74, 6) is 0.911. The molecule has 0 aliphatic carbocycles. The standard InChI is InChI=1S/C16H25BNO/c1-15(2)11-6-12-16(3,4)18(15)17-13-7-9-14(19-5)10-8-13/h7-10H,6,11-12H2,1-5H3. The molecule has 0 spiro atoms. The van der Waals surface area contributed by atoms with Crippen LogP contribution in [0.25, 0.3) is 0 Å². The lowest BCUT2D eigenvalue weighted by atomic mass is 9.67. The zero-order valence-electron chi connectivity index (χ0n) is 12.9. The molecule has 2 rings (SSSR count). The zero-order valence-corrected chi connectivity index (χ0v) is 12.9. The van der Waals surface area contributed by atoms with Crippen molar-refractivity contribution in [3.63, 3.8) is 0 Å². The van der Waals surface area contributed by atoms with Crippen molar-refractivity contribution in [3.05, 3.63) is 24.3 Å². The molecule has 103 valence electrons. The van der Waals surface area contributed by atoms with Crippen LogP contribution in [0, 0.1) is 0 Å². The van der Waals surface area contributed by atoms with Crippen molar-refractivity contribution >= 4 is 12.9 Å². The van der Waals surface area contributed by atoms with E-state index < -0.39 is 0 Å². The van der Waals surface area contributed by atoms with Gasteiger partial charge in [0.2, 0.25) is 7.41 Å². The number of rotatable bonds is 3. The van der Waals surface area contributed by atoms with Crippen LogP contribution in [0.15, 0.2) is 24.3 Å². The Morgan fingerprint density at radius 2 is 1.53 bits per heavy atom. The molecule has 0 aromatic heterocycles. The molecule has 0 unspecified atom stereocenters. The smallest absolute Gasteiger partial charge is 0.248 e. The number of methoxy groups -OCH3 is 1. The van der Waals surface area contributed by atoms with Gasteiger partial charge in [-0.3, -0.25) is 0 Å². The molecule has 2 nitrogen and oxygen atoms in total. The molecule has 1 heterocycles. The summed E-state index contributed by atoms with van der Waals surface area (Å²) in [5, 5.41) is 0. The fraction of sp³-hybridized carbons (Fsp3) is 0.625. The Morgan fingerprint density at radius 3 is 2.00 bits per heavy atom. The largest absolute Gasteiger partial charge is 0.497 e. The van der Waals surface area contributed by atoms with Crippen molar-refractivity contribution < 1.29 is 4.74 Å². The SMILES string of the molecule is COc1ccc([B]N2C(C)(C)CCCC2(C)C)cc1. The van der Waals surface area contributed by atoms with E-state index in [0.717, 1.165) is 5.75 Å². The average molecular weight is 258 g/mol. The van der Waals surface area contributed by atoms with Crippen LogP contribution in [0.1, 0.15) is 47.0 Å². The van der Waals surface area contributed by atoms with E-state index in [9.17, 15) is 0 Å². The maximum atomic E-state index is 5.21. The molecule has 3 heteroatoms. The average Bonchev–Trinajstić information content (AvgIpc) is 2.34. The number of hydrogen-bond donors (Lipinski definition) is 0. The van der Waals surface area contributed by atoms with Gasteiger partial charge in [-0.05, 0) is 59.1 Å². The number of hydrogen-bond acceptors (Lipinski definition) is 2. The van der Waals surface area contributed by atoms with Gasteiger partial charge < -0.3 is 9.55 Å². The third-order valence-electron chi connectivity index (χ3n) is 4.28. The minimum absolute atomic E-state index is 0.224. The van der Waals surface area contributed by atoms with Crippen molar-refractivity contribution in [2.75, 3.05) is 7.11 Å². The minimum Gasteiger partial charge on any atom is -0.497 e. The van der Waals surface area contributed by atoms with Crippen LogP contribution in [-0.4, -0.2) is 30.4 Å². The molecule has 0 N–H and O–H groups in total. The highest BCUT2D eigenvalue weighted by molar-refractivity contribution is 6.51. The van der Waals surface area contributed by atoms with Gasteiger partial charge in [0.1, 0.15) is 5.75 Å². The van der Waals surface area contributed by atoms with Crippen LogP contribution in [0.3, 0.4) is 0 Å². The number of ether oxygens (including phenoxy) is 1. The molecule has 1 aromatic carbocycles. The minimum atomic E-state index is 0.224. The second kappa shape index (κ2) is 5.20. The first-order valence-corrected chi connectivity index (χ1v) is 7.13. The lowest BCUT2D eigenvalue weighted by Gasteiger charge is -2.53. The Morgan fingerprint density at radius 1 is 1.00 bits per heavy atom. The summed E-state index contributed by atoms with van der Waals surface area (Å²) < 4.78 is 5.21. The molecule has 1 radical (unpaired) electrons. The zero-order chi connectivity index (χ0) is 14.1. The van der Waals surface area contributed by atoms with Crippen LogP contribution in [0.2, 0.25) is 0 Å². The Bertz CT molecular complexity index is 409. The molecule has 19 heavy (non-hydrogen) atoms. The van der Waals surface area contributed by atoms with E-state index in [4.69, 9.17) is 4.74 Å². The monoisotopic (exact) mass is 258 g/mol. The van der Waals surface area contributed by atoms with E-state index in [2.05, 4.69) is 52.1 Å². The Labute approximate surface area is 118 Å². The maximum absolute atomic E-state index is 5.21. The number of piperidine rings is 1. The Balaban J connectivity index is 2.18. The highest BCUT2D eigenvalue weighted by atomic mass is 16.5. The van der Waals surface area contributed by atoms with Gasteiger partial charge in [-0.1, -0.05) is 17.6 Å². The van der Waals surface area contributed by atoms with Gasteiger partial charge in [0.15, 0.2) is 0 Å². The summed E-state index contributed by atoms with van der Waals surface area (Å²) in [4.78, 5) is 2.53. The molecule has 0 bridgehead atoms. The molecular weight excluding hydrogens is 233 g/mol. The predicted molar refractivity (Wildman–Crippen MR) is 82.2 cm³/mol. The summed E-state index contributed by atoms with van der Waals surface area (Å²) >= 11 is 0. The van der Waals surface area contributed by atoms with Gasteiger partial charge in [-0.25, -0.2) is 0 Å². The molecule has 0 amide bonds. The first-order valence-electron chi connectivity index (χ1n) is 7.13. The molecule has 1 aliphatic heterocycles. The fourth-order valence-electron chi connectivity index (χ4n) is 3.20. The quantitative estimate of drug-likeness (QED) is 0.773. The van der Waals surface area contributed by atoms with Crippen molar-refractivity contribution in [2.45, 2.75) is 58.0 Å². The van der Waals surface area contributed by atoms with Crippen LogP contribution >= 0.6 is 0 Å². The number of benzene rings is 1. The first-order chi connectivity index (χ1) is 8.85. The van der Waals surface area contributed by atoms with Crippen molar-refractivity contribution in [3.8, 4) is 5.75 Å². The van der Waals surface area contributed by atoms with E-state index in [0.29, 0.717) is 0 Å². The molecule has 1 saturated heterocycles. The molecule has 1 fully saturated rings. The van der Waals surface area contributed by atoms with Gasteiger partial charge in [-0.15, -0.1) is 0 Å². The summed E-state index contributed by atoms with van der Waals surface area (Å²) in [6.45, 7) is 9.36. The van der Waals surface area contributed by atoms with Crippen LogP contribution in [-0.2, 0) is 0 Å². The third-order valence-corrected chi connectivity index (χ3v) is 4.28. The van der Waals surface area contributed by atoms with E-state index in [1.807, 2.05) is 12.1 Å². The lowest BCUT2D eigenvalue weighted by molar-refractivity contribution is 0.0550. The van der Waals surface area contributed by atoms with Crippen molar-refractivity contribution in [2.24, 2.45) is 0 Å². The lowest BCUT2D eigenvalue weighted by Crippen LogP contribution is -2.62. The second-order valence-electron chi connectivity index (χ2n) is 6.75. The van der Waals surface area contributed by atoms with Crippen LogP contribution in [0.5, 0.6) is 5.75 Å². The normalized spacial score (nSPS) is 21.9. The molecular formula is C16H25BNO. The van der Waals surface area contributed by atoms with Gasteiger partial charge in [0.05, 0.1) is 7.11 Å². The summed E-state index contributed by atoms with van der Waals surface area (Å²) in [6, 6.07) is 8.30. The fourth-order valence-corrected chi connectivity index (χ4v) is 3.20. The van der Waals surface area contributed by atoms with Crippen LogP contribution in [0.4, 0.5) is 0 Å². The van der Waals surface area contributed by atoms with Gasteiger partial charge in [-0.2, -0.15) is 0 Å². The van der Waals surface area contributed by atoms with Gasteiger partial charge >= 0.3 is 0 Å². The van der Waals surface area contributed by atoms with Crippen LogP contribution < -0.4 is 10.2 Å². The topological polar surface area (TPSA) is 12.5 Å². The van der Waals surface area contributed by atoms with Crippen molar-refractivity contribution in [1.29, 1.82) is 0 Å². The molecule has 0 saturated carbocycles. The number of nitrogens with zero attached hydrogens (tertiary/aromatic N) is 1. The highest BCUT2D eigenvalue weighted by Gasteiger charge is 2.40. The first kappa shape index (κ1) is 14.5. The van der Waals surface area contributed by atoms with Gasteiger partial charge in [0.25, 0.3) is 0 Å². The highest BCUT2D eigenvalue weighted by Crippen LogP contribution is 2.37. The van der Waals surface area contributed by atoms with E-state index >= 15 is 0 Å². The van der Waals surface area contributed by atoms with E-state index in [1.54, 1.807) is 7.11 Å². The third kappa shape index (κ3) is 3.14. The molecule has 0 atom stereocenters. The van der Waals surface area contributed by atoms with Crippen molar-refractivity contribution in [1.82, 2.24) is 4.81 Å². The van der Waals surface area contributed by atoms with Gasteiger partial charge in [0, 0.05) is 11.1 Å². The van der Waals surface area contributed by atoms with E-state index in [1.165, 1.54) is 24.7 Å².